The Bertz CT molecular complexity index is 560. The van der Waals surface area contributed by atoms with E-state index in [1.54, 1.807) is 20.3 Å². The van der Waals surface area contributed by atoms with Gasteiger partial charge < -0.3 is 19.7 Å². The number of amides is 1. The van der Waals surface area contributed by atoms with E-state index < -0.39 is 11.7 Å². The zero-order valence-corrected chi connectivity index (χ0v) is 11.4. The van der Waals surface area contributed by atoms with Crippen LogP contribution in [-0.4, -0.2) is 51.2 Å². The summed E-state index contributed by atoms with van der Waals surface area (Å²) < 4.78 is 10.8. The normalized spacial score (nSPS) is 25.0. The molecule has 1 saturated heterocycles. The van der Waals surface area contributed by atoms with Crippen LogP contribution in [0.2, 0.25) is 0 Å². The number of carbonyl (C=O) groups excluding carboxylic acids is 2. The van der Waals surface area contributed by atoms with Gasteiger partial charge in [0.05, 0.1) is 11.3 Å². The van der Waals surface area contributed by atoms with Crippen molar-refractivity contribution in [3.8, 4) is 0 Å². The molecule has 2 heterocycles. The van der Waals surface area contributed by atoms with Crippen LogP contribution < -0.4 is 10.2 Å². The van der Waals surface area contributed by atoms with Crippen molar-refractivity contribution in [2.75, 3.05) is 37.5 Å². The largest absolute Gasteiger partial charge is 0.377 e. The molecule has 2 atom stereocenters. The molecule has 1 aromatic rings. The summed E-state index contributed by atoms with van der Waals surface area (Å²) in [5.74, 6) is -1.04. The third kappa shape index (κ3) is 1.97. The molecular weight excluding hydrogens is 260 g/mol. The molecule has 6 nitrogen and oxygen atoms in total. The fourth-order valence-electron chi connectivity index (χ4n) is 2.74. The van der Waals surface area contributed by atoms with Crippen molar-refractivity contribution in [1.29, 1.82) is 0 Å². The molecule has 0 radical (unpaired) electrons. The molecule has 0 bridgehead atoms. The summed E-state index contributed by atoms with van der Waals surface area (Å²) in [5.41, 5.74) is 1.96. The Labute approximate surface area is 116 Å². The van der Waals surface area contributed by atoms with Crippen LogP contribution in [-0.2, 0) is 14.3 Å². The van der Waals surface area contributed by atoms with E-state index in [4.69, 9.17) is 9.47 Å². The van der Waals surface area contributed by atoms with Gasteiger partial charge in [-0.1, -0.05) is 0 Å². The van der Waals surface area contributed by atoms with Gasteiger partial charge in [0.1, 0.15) is 12.2 Å². The number of nitrogens with zero attached hydrogens (tertiary/aromatic N) is 1. The molecule has 20 heavy (non-hydrogen) atoms. The van der Waals surface area contributed by atoms with E-state index in [-0.39, 0.29) is 12.2 Å². The van der Waals surface area contributed by atoms with E-state index in [0.29, 0.717) is 11.3 Å². The third-order valence-corrected chi connectivity index (χ3v) is 3.89. The van der Waals surface area contributed by atoms with Crippen molar-refractivity contribution >= 4 is 23.1 Å². The van der Waals surface area contributed by atoms with E-state index in [1.807, 2.05) is 12.1 Å². The molecular formula is C14H16N2O4. The van der Waals surface area contributed by atoms with Crippen LogP contribution in [0.15, 0.2) is 18.2 Å². The molecule has 6 heteroatoms. The van der Waals surface area contributed by atoms with Gasteiger partial charge >= 0.3 is 0 Å². The number of benzene rings is 1. The van der Waals surface area contributed by atoms with E-state index in [2.05, 4.69) is 10.2 Å². The number of ketones is 1. The zero-order valence-electron chi connectivity index (χ0n) is 11.4. The molecule has 2 aliphatic heterocycles. The summed E-state index contributed by atoms with van der Waals surface area (Å²) in [7, 11) is 3.34. The Morgan fingerprint density at radius 2 is 1.80 bits per heavy atom. The van der Waals surface area contributed by atoms with Gasteiger partial charge in [-0.3, -0.25) is 9.59 Å². The highest BCUT2D eigenvalue weighted by Gasteiger charge is 2.34. The van der Waals surface area contributed by atoms with Crippen molar-refractivity contribution in [3.63, 3.8) is 0 Å². The zero-order chi connectivity index (χ0) is 14.3. The monoisotopic (exact) mass is 276 g/mol. The second-order valence-corrected chi connectivity index (χ2v) is 4.97. The SMILES string of the molecule is COC1CN(c2ccc3c(c2)NC(=O)C3=O)CC1OC. The lowest BCUT2D eigenvalue weighted by Gasteiger charge is -2.18. The molecule has 0 aliphatic carbocycles. The molecule has 1 aromatic carbocycles. The lowest BCUT2D eigenvalue weighted by molar-refractivity contribution is -0.112. The van der Waals surface area contributed by atoms with Crippen LogP contribution in [0.3, 0.4) is 0 Å². The predicted octanol–water partition coefficient (Wildman–Crippen LogP) is 0.671. The molecule has 2 unspecified atom stereocenters. The predicted molar refractivity (Wildman–Crippen MR) is 73.2 cm³/mol. The Balaban J connectivity index is 1.85. The highest BCUT2D eigenvalue weighted by Crippen LogP contribution is 2.30. The first kappa shape index (κ1) is 13.1. The molecule has 3 rings (SSSR count). The van der Waals surface area contributed by atoms with Crippen LogP contribution in [0.5, 0.6) is 0 Å². The van der Waals surface area contributed by atoms with Gasteiger partial charge in [0.25, 0.3) is 11.7 Å². The number of hydrogen-bond acceptors (Lipinski definition) is 5. The van der Waals surface area contributed by atoms with Gasteiger partial charge in [-0.25, -0.2) is 0 Å². The Morgan fingerprint density at radius 3 is 2.40 bits per heavy atom. The fraction of sp³-hybridized carbons (Fsp3) is 0.429. The van der Waals surface area contributed by atoms with Gasteiger partial charge in [-0.2, -0.15) is 0 Å². The average molecular weight is 276 g/mol. The first-order valence-electron chi connectivity index (χ1n) is 6.44. The van der Waals surface area contributed by atoms with E-state index in [9.17, 15) is 9.59 Å². The Morgan fingerprint density at radius 1 is 1.15 bits per heavy atom. The Hall–Kier alpha value is -1.92. The maximum absolute atomic E-state index is 11.6. The second kappa shape index (κ2) is 4.88. The summed E-state index contributed by atoms with van der Waals surface area (Å²) in [6.45, 7) is 1.44. The number of fused-ring (bicyclic) bond motifs is 1. The van der Waals surface area contributed by atoms with Gasteiger partial charge in [-0.15, -0.1) is 0 Å². The third-order valence-electron chi connectivity index (χ3n) is 3.89. The number of hydrogen-bond donors (Lipinski definition) is 1. The van der Waals surface area contributed by atoms with Crippen LogP contribution in [0.4, 0.5) is 11.4 Å². The quantitative estimate of drug-likeness (QED) is 0.822. The first-order chi connectivity index (χ1) is 9.63. The number of anilines is 2. The first-order valence-corrected chi connectivity index (χ1v) is 6.44. The van der Waals surface area contributed by atoms with Gasteiger partial charge in [0.2, 0.25) is 0 Å². The van der Waals surface area contributed by atoms with E-state index >= 15 is 0 Å². The Kier molecular flexibility index (Phi) is 3.19. The van der Waals surface area contributed by atoms with Crippen molar-refractivity contribution in [1.82, 2.24) is 0 Å². The van der Waals surface area contributed by atoms with Crippen molar-refractivity contribution < 1.29 is 19.1 Å². The van der Waals surface area contributed by atoms with Gasteiger partial charge in [0.15, 0.2) is 0 Å². The maximum atomic E-state index is 11.6. The van der Waals surface area contributed by atoms with E-state index in [0.717, 1.165) is 18.8 Å². The van der Waals surface area contributed by atoms with Gasteiger partial charge in [-0.05, 0) is 18.2 Å². The molecule has 1 fully saturated rings. The van der Waals surface area contributed by atoms with Crippen LogP contribution in [0.1, 0.15) is 10.4 Å². The minimum atomic E-state index is -0.567. The van der Waals surface area contributed by atoms with E-state index in [1.165, 1.54) is 0 Å². The van der Waals surface area contributed by atoms with Crippen molar-refractivity contribution in [2.45, 2.75) is 12.2 Å². The number of methoxy groups -OCH3 is 2. The molecule has 0 spiro atoms. The minimum Gasteiger partial charge on any atom is -0.377 e. The number of nitrogens with one attached hydrogen (secondary N) is 1. The molecule has 0 saturated carbocycles. The smallest absolute Gasteiger partial charge is 0.296 e. The average Bonchev–Trinajstić information content (AvgIpc) is 3.00. The lowest BCUT2D eigenvalue weighted by atomic mass is 10.1. The lowest BCUT2D eigenvalue weighted by Crippen LogP contribution is -2.27. The number of carbonyl (C=O) groups is 2. The summed E-state index contributed by atoms with van der Waals surface area (Å²) in [6, 6.07) is 5.36. The molecule has 2 aliphatic rings. The highest BCUT2D eigenvalue weighted by atomic mass is 16.5. The summed E-state index contributed by atoms with van der Waals surface area (Å²) in [6.07, 6.45) is 0.0361. The molecule has 0 aromatic heterocycles. The molecule has 1 amide bonds. The minimum absolute atomic E-state index is 0.0180. The van der Waals surface area contributed by atoms with Gasteiger partial charge in [0, 0.05) is 33.0 Å². The highest BCUT2D eigenvalue weighted by molar-refractivity contribution is 6.51. The van der Waals surface area contributed by atoms with Crippen molar-refractivity contribution in [2.24, 2.45) is 0 Å². The number of Topliss-reactive ketones (excluding diaryl/α,β-unsaturated/α-hetero) is 1. The molecule has 106 valence electrons. The van der Waals surface area contributed by atoms with Crippen LogP contribution in [0, 0.1) is 0 Å². The summed E-state index contributed by atoms with van der Waals surface area (Å²) in [5, 5.41) is 2.58. The number of ether oxygens (including phenoxy) is 2. The maximum Gasteiger partial charge on any atom is 0.296 e. The van der Waals surface area contributed by atoms with Crippen molar-refractivity contribution in [3.05, 3.63) is 23.8 Å². The summed E-state index contributed by atoms with van der Waals surface area (Å²) >= 11 is 0. The topological polar surface area (TPSA) is 67.9 Å². The number of rotatable bonds is 3. The van der Waals surface area contributed by atoms with Crippen LogP contribution >= 0.6 is 0 Å². The summed E-state index contributed by atoms with van der Waals surface area (Å²) in [4.78, 5) is 25.0. The fourth-order valence-corrected chi connectivity index (χ4v) is 2.74. The molecule has 1 N–H and O–H groups in total. The van der Waals surface area contributed by atoms with Crippen LogP contribution in [0.25, 0.3) is 0 Å². The second-order valence-electron chi connectivity index (χ2n) is 4.97. The standard InChI is InChI=1S/C14H16N2O4/c1-19-11-6-16(7-12(11)20-2)8-3-4-9-10(5-8)15-14(18)13(9)17/h3-5,11-12H,6-7H2,1-2H3,(H,15,17,18).